The Kier molecular flexibility index (Phi) is 6.86. The molecular weight excluding hydrogens is 436 g/mol. The Morgan fingerprint density at radius 3 is 2.53 bits per heavy atom. The van der Waals surface area contributed by atoms with E-state index in [9.17, 15) is 14.4 Å². The lowest BCUT2D eigenvalue weighted by Crippen LogP contribution is -2.41. The normalized spacial score (nSPS) is 14.9. The molecule has 8 nitrogen and oxygen atoms in total. The first kappa shape index (κ1) is 23.4. The molecule has 0 fully saturated rings. The number of aromatic nitrogens is 1. The first-order valence-corrected chi connectivity index (χ1v) is 11.4. The number of hydrogen-bond donors (Lipinski definition) is 0. The van der Waals surface area contributed by atoms with Gasteiger partial charge in [0.15, 0.2) is 6.29 Å². The van der Waals surface area contributed by atoms with Crippen LogP contribution in [0.4, 0.5) is 5.69 Å². The van der Waals surface area contributed by atoms with E-state index in [1.807, 2.05) is 36.4 Å². The zero-order valence-corrected chi connectivity index (χ0v) is 19.6. The standard InChI is InChI=1S/C26H28N2O6/c1-4-32-23(30)13-19-15-28(14-17-9-7-6-8-10-17)25-20(16-29)24-18(12-22(25)34-19)11-21(27(24)3)26(31)33-5-2/h6-12,16,19H,4-5,13-15H2,1-3H3. The van der Waals surface area contributed by atoms with E-state index < -0.39 is 12.1 Å². The zero-order chi connectivity index (χ0) is 24.2. The van der Waals surface area contributed by atoms with Gasteiger partial charge in [0.2, 0.25) is 0 Å². The van der Waals surface area contributed by atoms with Gasteiger partial charge >= 0.3 is 11.9 Å². The van der Waals surface area contributed by atoms with Gasteiger partial charge in [0, 0.05) is 19.0 Å². The van der Waals surface area contributed by atoms with Crippen molar-refractivity contribution in [3.05, 3.63) is 59.3 Å². The molecule has 1 atom stereocenters. The highest BCUT2D eigenvalue weighted by Gasteiger charge is 2.32. The molecule has 2 aromatic carbocycles. The molecule has 4 rings (SSSR count). The van der Waals surface area contributed by atoms with Crippen molar-refractivity contribution in [2.45, 2.75) is 32.9 Å². The smallest absolute Gasteiger partial charge is 0.354 e. The molecule has 178 valence electrons. The van der Waals surface area contributed by atoms with Gasteiger partial charge in [-0.1, -0.05) is 30.3 Å². The van der Waals surface area contributed by atoms with Crippen LogP contribution in [0.15, 0.2) is 42.5 Å². The van der Waals surface area contributed by atoms with Crippen LogP contribution < -0.4 is 9.64 Å². The summed E-state index contributed by atoms with van der Waals surface area (Å²) < 4.78 is 18.2. The van der Waals surface area contributed by atoms with Crippen LogP contribution >= 0.6 is 0 Å². The lowest BCUT2D eigenvalue weighted by atomic mass is 10.0. The summed E-state index contributed by atoms with van der Waals surface area (Å²) in [7, 11) is 1.74. The summed E-state index contributed by atoms with van der Waals surface area (Å²) in [5.41, 5.74) is 3.10. The van der Waals surface area contributed by atoms with Gasteiger partial charge in [-0.05, 0) is 31.5 Å². The number of aryl methyl sites for hydroxylation is 1. The second-order valence-electron chi connectivity index (χ2n) is 8.12. The maximum Gasteiger partial charge on any atom is 0.354 e. The highest BCUT2D eigenvalue weighted by molar-refractivity contribution is 6.07. The van der Waals surface area contributed by atoms with E-state index in [1.54, 1.807) is 31.5 Å². The number of ether oxygens (including phenoxy) is 3. The van der Waals surface area contributed by atoms with Gasteiger partial charge < -0.3 is 23.7 Å². The van der Waals surface area contributed by atoms with Crippen LogP contribution in [0.2, 0.25) is 0 Å². The van der Waals surface area contributed by atoms with Crippen LogP contribution in [0, 0.1) is 0 Å². The number of rotatable bonds is 8. The molecule has 0 aliphatic carbocycles. The quantitative estimate of drug-likeness (QED) is 0.369. The number of carbonyl (C=O) groups excluding carboxylic acids is 3. The summed E-state index contributed by atoms with van der Waals surface area (Å²) in [6.45, 7) is 4.99. The van der Waals surface area contributed by atoms with E-state index in [1.165, 1.54) is 0 Å². The van der Waals surface area contributed by atoms with E-state index in [4.69, 9.17) is 14.2 Å². The highest BCUT2D eigenvalue weighted by atomic mass is 16.5. The lowest BCUT2D eigenvalue weighted by molar-refractivity contribution is -0.144. The lowest BCUT2D eigenvalue weighted by Gasteiger charge is -2.37. The Morgan fingerprint density at radius 1 is 1.12 bits per heavy atom. The fourth-order valence-electron chi connectivity index (χ4n) is 4.47. The fourth-order valence-corrected chi connectivity index (χ4v) is 4.47. The first-order valence-electron chi connectivity index (χ1n) is 11.4. The van der Waals surface area contributed by atoms with E-state index in [-0.39, 0.29) is 19.0 Å². The molecule has 0 amide bonds. The average Bonchev–Trinajstić information content (AvgIpc) is 3.14. The molecule has 3 aromatic rings. The molecule has 8 heteroatoms. The van der Waals surface area contributed by atoms with Gasteiger partial charge in [0.05, 0.1) is 42.9 Å². The zero-order valence-electron chi connectivity index (χ0n) is 19.6. The van der Waals surface area contributed by atoms with E-state index in [0.29, 0.717) is 53.3 Å². The van der Waals surface area contributed by atoms with Gasteiger partial charge in [0.1, 0.15) is 17.5 Å². The van der Waals surface area contributed by atoms with Crippen LogP contribution in [0.3, 0.4) is 0 Å². The largest absolute Gasteiger partial charge is 0.486 e. The minimum Gasteiger partial charge on any atom is -0.486 e. The molecule has 0 radical (unpaired) electrons. The number of carbonyl (C=O) groups is 3. The van der Waals surface area contributed by atoms with Crippen molar-refractivity contribution >= 4 is 34.8 Å². The van der Waals surface area contributed by atoms with Crippen molar-refractivity contribution in [2.75, 3.05) is 24.7 Å². The second-order valence-corrected chi connectivity index (χ2v) is 8.12. The number of aldehydes is 1. The molecule has 1 aromatic heterocycles. The van der Waals surface area contributed by atoms with Crippen molar-refractivity contribution in [1.29, 1.82) is 0 Å². The number of benzene rings is 2. The Morgan fingerprint density at radius 2 is 1.85 bits per heavy atom. The number of fused-ring (bicyclic) bond motifs is 2. The van der Waals surface area contributed by atoms with Gasteiger partial charge in [-0.2, -0.15) is 0 Å². The van der Waals surface area contributed by atoms with Crippen molar-refractivity contribution in [3.8, 4) is 5.75 Å². The van der Waals surface area contributed by atoms with E-state index in [0.717, 1.165) is 11.8 Å². The first-order chi connectivity index (χ1) is 16.5. The molecule has 2 heterocycles. The summed E-state index contributed by atoms with van der Waals surface area (Å²) in [6.07, 6.45) is 0.444. The molecule has 1 aliphatic rings. The molecule has 0 N–H and O–H groups in total. The number of anilines is 1. The van der Waals surface area contributed by atoms with Gasteiger partial charge in [-0.3, -0.25) is 9.59 Å². The topological polar surface area (TPSA) is 87.1 Å². The van der Waals surface area contributed by atoms with Crippen LogP contribution in [0.5, 0.6) is 5.75 Å². The van der Waals surface area contributed by atoms with Gasteiger partial charge in [-0.25, -0.2) is 4.79 Å². The summed E-state index contributed by atoms with van der Waals surface area (Å²) in [6, 6.07) is 13.4. The van der Waals surface area contributed by atoms with Crippen LogP contribution in [0.25, 0.3) is 10.9 Å². The van der Waals surface area contributed by atoms with Crippen LogP contribution in [-0.4, -0.2) is 48.7 Å². The summed E-state index contributed by atoms with van der Waals surface area (Å²) >= 11 is 0. The molecule has 0 bridgehead atoms. The average molecular weight is 465 g/mol. The summed E-state index contributed by atoms with van der Waals surface area (Å²) in [5.74, 6) is -0.304. The molecule has 0 spiro atoms. The van der Waals surface area contributed by atoms with Crippen LogP contribution in [0.1, 0.15) is 46.7 Å². The van der Waals surface area contributed by atoms with E-state index in [2.05, 4.69) is 4.90 Å². The third-order valence-electron chi connectivity index (χ3n) is 5.84. The van der Waals surface area contributed by atoms with Gasteiger partial charge in [-0.15, -0.1) is 0 Å². The van der Waals surface area contributed by atoms with Gasteiger partial charge in [0.25, 0.3) is 0 Å². The Bertz CT molecular complexity index is 1220. The Hall–Kier alpha value is -3.81. The molecule has 0 saturated carbocycles. The Labute approximate surface area is 198 Å². The summed E-state index contributed by atoms with van der Waals surface area (Å²) in [4.78, 5) is 39.1. The minimum absolute atomic E-state index is 0.0931. The third-order valence-corrected chi connectivity index (χ3v) is 5.84. The maximum atomic E-state index is 12.5. The summed E-state index contributed by atoms with van der Waals surface area (Å²) in [5, 5.41) is 0.683. The maximum absolute atomic E-state index is 12.5. The predicted octanol–water partition coefficient (Wildman–Crippen LogP) is 3.89. The Balaban J connectivity index is 1.83. The minimum atomic E-state index is -0.460. The van der Waals surface area contributed by atoms with Crippen molar-refractivity contribution in [3.63, 3.8) is 0 Å². The SMILES string of the molecule is CCOC(=O)CC1CN(Cc2ccccc2)c2c(cc3cc(C(=O)OCC)n(C)c3c2C=O)O1. The fraction of sp³-hybridized carbons (Fsp3) is 0.346. The predicted molar refractivity (Wildman–Crippen MR) is 127 cm³/mol. The number of hydrogen-bond acceptors (Lipinski definition) is 7. The van der Waals surface area contributed by atoms with Crippen molar-refractivity contribution < 1.29 is 28.6 Å². The molecule has 1 aliphatic heterocycles. The number of esters is 2. The molecule has 1 unspecified atom stereocenters. The van der Waals surface area contributed by atoms with Crippen molar-refractivity contribution in [2.24, 2.45) is 7.05 Å². The van der Waals surface area contributed by atoms with Crippen LogP contribution in [-0.2, 0) is 27.9 Å². The van der Waals surface area contributed by atoms with E-state index >= 15 is 0 Å². The highest BCUT2D eigenvalue weighted by Crippen LogP contribution is 2.42. The second kappa shape index (κ2) is 9.99. The van der Waals surface area contributed by atoms with Crippen molar-refractivity contribution in [1.82, 2.24) is 4.57 Å². The molecule has 0 saturated heterocycles. The monoisotopic (exact) mass is 464 g/mol. The molecule has 34 heavy (non-hydrogen) atoms. The molecular formula is C26H28N2O6. The third kappa shape index (κ3) is 4.48. The number of nitrogens with zero attached hydrogens (tertiary/aromatic N) is 2.